The van der Waals surface area contributed by atoms with Crippen LogP contribution in [0.1, 0.15) is 94.0 Å². The summed E-state index contributed by atoms with van der Waals surface area (Å²) in [4.78, 5) is 60.2. The molecule has 1 N–H and O–H groups in total. The van der Waals surface area contributed by atoms with Crippen molar-refractivity contribution in [2.75, 3.05) is 11.9 Å². The monoisotopic (exact) mass is 494 g/mol. The van der Waals surface area contributed by atoms with E-state index in [1.54, 1.807) is 12.1 Å². The van der Waals surface area contributed by atoms with Gasteiger partial charge in [0.05, 0.1) is 23.4 Å². The standard InChI is InChI=1S/C26H30N4O4S/c1-15(2)12-22(31)29-11-10-20-21(14-29)35-26(27-20)28-23(32)16-8-9-18-19(13-16)25(34)30(24(18)33)17-6-4-3-5-7-17/h8-9,13,15,17H,3-7,10-12,14H2,1-2H3,(H,27,28,32). The number of anilines is 1. The molecule has 5 rings (SSSR count). The number of hydrogen-bond acceptors (Lipinski definition) is 6. The molecular formula is C26H30N4O4S. The predicted octanol–water partition coefficient (Wildman–Crippen LogP) is 4.25. The van der Waals surface area contributed by atoms with Gasteiger partial charge in [-0.25, -0.2) is 4.98 Å². The minimum absolute atomic E-state index is 0.0537. The van der Waals surface area contributed by atoms with Crippen molar-refractivity contribution < 1.29 is 19.2 Å². The maximum absolute atomic E-state index is 13.1. The zero-order valence-corrected chi connectivity index (χ0v) is 21.0. The van der Waals surface area contributed by atoms with Gasteiger partial charge in [0.15, 0.2) is 5.13 Å². The van der Waals surface area contributed by atoms with Gasteiger partial charge >= 0.3 is 0 Å². The second-order valence-electron chi connectivity index (χ2n) is 10.0. The molecule has 1 aromatic heterocycles. The van der Waals surface area contributed by atoms with E-state index in [9.17, 15) is 19.2 Å². The van der Waals surface area contributed by atoms with E-state index in [0.29, 0.717) is 53.7 Å². The fourth-order valence-corrected chi connectivity index (χ4v) is 6.20. The van der Waals surface area contributed by atoms with Gasteiger partial charge in [-0.2, -0.15) is 0 Å². The lowest BCUT2D eigenvalue weighted by Crippen LogP contribution is -2.40. The van der Waals surface area contributed by atoms with Gasteiger partial charge in [0.25, 0.3) is 17.7 Å². The van der Waals surface area contributed by atoms with Crippen LogP contribution in [-0.2, 0) is 17.8 Å². The molecule has 9 heteroatoms. The van der Waals surface area contributed by atoms with Crippen LogP contribution in [0.4, 0.5) is 5.13 Å². The Balaban J connectivity index is 1.28. The van der Waals surface area contributed by atoms with Gasteiger partial charge in [0, 0.05) is 35.9 Å². The van der Waals surface area contributed by atoms with E-state index in [1.807, 2.05) is 18.7 Å². The summed E-state index contributed by atoms with van der Waals surface area (Å²) in [7, 11) is 0. The average molecular weight is 495 g/mol. The highest BCUT2D eigenvalue weighted by molar-refractivity contribution is 7.15. The number of benzene rings is 1. The van der Waals surface area contributed by atoms with Crippen molar-refractivity contribution in [3.63, 3.8) is 0 Å². The smallest absolute Gasteiger partial charge is 0.261 e. The van der Waals surface area contributed by atoms with E-state index >= 15 is 0 Å². The van der Waals surface area contributed by atoms with Crippen molar-refractivity contribution in [3.05, 3.63) is 45.5 Å². The Bertz CT molecular complexity index is 1200. The number of nitrogens with one attached hydrogen (secondary N) is 1. The molecule has 8 nitrogen and oxygen atoms in total. The van der Waals surface area contributed by atoms with E-state index in [1.165, 1.54) is 22.3 Å². The Morgan fingerprint density at radius 1 is 1.11 bits per heavy atom. The first kappa shape index (κ1) is 23.7. The molecule has 0 unspecified atom stereocenters. The van der Waals surface area contributed by atoms with Crippen molar-refractivity contribution in [3.8, 4) is 0 Å². The van der Waals surface area contributed by atoms with Crippen LogP contribution in [0.2, 0.25) is 0 Å². The number of hydrogen-bond donors (Lipinski definition) is 1. The first-order valence-electron chi connectivity index (χ1n) is 12.4. The lowest BCUT2D eigenvalue weighted by atomic mass is 9.94. The first-order valence-corrected chi connectivity index (χ1v) is 13.2. The van der Waals surface area contributed by atoms with Crippen LogP contribution in [0.15, 0.2) is 18.2 Å². The number of nitrogens with zero attached hydrogens (tertiary/aromatic N) is 3. The highest BCUT2D eigenvalue weighted by atomic mass is 32.1. The summed E-state index contributed by atoms with van der Waals surface area (Å²) in [6, 6.07) is 4.64. The van der Waals surface area contributed by atoms with Crippen molar-refractivity contribution in [2.24, 2.45) is 5.92 Å². The molecule has 1 saturated carbocycles. The summed E-state index contributed by atoms with van der Waals surface area (Å²) in [5.74, 6) is -0.479. The number of imide groups is 1. The zero-order chi connectivity index (χ0) is 24.7. The highest BCUT2D eigenvalue weighted by Crippen LogP contribution is 2.32. The van der Waals surface area contributed by atoms with Crippen molar-refractivity contribution in [1.82, 2.24) is 14.8 Å². The van der Waals surface area contributed by atoms with Crippen LogP contribution in [0.5, 0.6) is 0 Å². The first-order chi connectivity index (χ1) is 16.8. The normalized spacial score (nSPS) is 18.1. The Hall–Kier alpha value is -3.07. The van der Waals surface area contributed by atoms with Crippen LogP contribution in [0, 0.1) is 5.92 Å². The molecule has 4 amide bonds. The summed E-state index contributed by atoms with van der Waals surface area (Å²) >= 11 is 1.38. The van der Waals surface area contributed by atoms with E-state index < -0.39 is 0 Å². The molecule has 35 heavy (non-hydrogen) atoms. The number of aromatic nitrogens is 1. The highest BCUT2D eigenvalue weighted by Gasteiger charge is 2.40. The Morgan fingerprint density at radius 2 is 1.86 bits per heavy atom. The molecule has 2 aliphatic heterocycles. The molecule has 2 aromatic rings. The summed E-state index contributed by atoms with van der Waals surface area (Å²) in [6.45, 7) is 5.21. The van der Waals surface area contributed by atoms with Gasteiger partial charge in [-0.1, -0.05) is 44.4 Å². The average Bonchev–Trinajstić information content (AvgIpc) is 3.35. The Labute approximate surface area is 208 Å². The summed E-state index contributed by atoms with van der Waals surface area (Å²) in [5.41, 5.74) is 1.90. The molecule has 0 bridgehead atoms. The SMILES string of the molecule is CC(C)CC(=O)N1CCc2nc(NC(=O)c3ccc4c(c3)C(=O)N(C3CCCCC3)C4=O)sc2C1. The number of amides is 4. The summed E-state index contributed by atoms with van der Waals surface area (Å²) < 4.78 is 0. The fraction of sp³-hybridized carbons (Fsp3) is 0.500. The van der Waals surface area contributed by atoms with Crippen molar-refractivity contribution in [2.45, 2.75) is 71.4 Å². The van der Waals surface area contributed by atoms with E-state index in [2.05, 4.69) is 10.3 Å². The molecule has 1 aromatic carbocycles. The van der Waals surface area contributed by atoms with Gasteiger partial charge in [-0.15, -0.1) is 0 Å². The molecule has 1 aliphatic carbocycles. The molecule has 0 spiro atoms. The third-order valence-electron chi connectivity index (χ3n) is 7.01. The van der Waals surface area contributed by atoms with Crippen LogP contribution in [-0.4, -0.2) is 51.0 Å². The minimum atomic E-state index is -0.372. The largest absolute Gasteiger partial charge is 0.337 e. The maximum Gasteiger partial charge on any atom is 0.261 e. The minimum Gasteiger partial charge on any atom is -0.337 e. The third kappa shape index (κ3) is 4.61. The van der Waals surface area contributed by atoms with Crippen LogP contribution < -0.4 is 5.32 Å². The van der Waals surface area contributed by atoms with Crippen LogP contribution >= 0.6 is 11.3 Å². The lowest BCUT2D eigenvalue weighted by Gasteiger charge is -2.29. The molecule has 1 fully saturated rings. The van der Waals surface area contributed by atoms with Crippen molar-refractivity contribution >= 4 is 40.1 Å². The molecule has 0 atom stereocenters. The number of rotatable bonds is 5. The van der Waals surface area contributed by atoms with Gasteiger partial charge in [-0.05, 0) is 37.0 Å². The topological polar surface area (TPSA) is 99.7 Å². The number of carbonyl (C=O) groups excluding carboxylic acids is 4. The molecule has 184 valence electrons. The van der Waals surface area contributed by atoms with Crippen LogP contribution in [0.25, 0.3) is 0 Å². The number of thiazole rings is 1. The third-order valence-corrected chi connectivity index (χ3v) is 8.01. The predicted molar refractivity (Wildman–Crippen MR) is 132 cm³/mol. The van der Waals surface area contributed by atoms with E-state index in [0.717, 1.165) is 42.7 Å². The molecule has 0 saturated heterocycles. The maximum atomic E-state index is 13.1. The van der Waals surface area contributed by atoms with Gasteiger partial charge in [-0.3, -0.25) is 29.4 Å². The van der Waals surface area contributed by atoms with E-state index in [-0.39, 0.29) is 29.7 Å². The summed E-state index contributed by atoms with van der Waals surface area (Å²) in [6.07, 6.45) is 6.05. The quantitative estimate of drug-likeness (QED) is 0.627. The fourth-order valence-electron chi connectivity index (χ4n) is 5.18. The Kier molecular flexibility index (Phi) is 6.44. The van der Waals surface area contributed by atoms with Gasteiger partial charge in [0.2, 0.25) is 5.91 Å². The van der Waals surface area contributed by atoms with Gasteiger partial charge in [0.1, 0.15) is 0 Å². The zero-order valence-electron chi connectivity index (χ0n) is 20.1. The molecular weight excluding hydrogens is 464 g/mol. The number of carbonyl (C=O) groups is 4. The second-order valence-corrected chi connectivity index (χ2v) is 11.1. The molecule has 3 heterocycles. The summed E-state index contributed by atoms with van der Waals surface area (Å²) in [5, 5.41) is 3.32. The molecule has 0 radical (unpaired) electrons. The molecule has 3 aliphatic rings. The van der Waals surface area contributed by atoms with Gasteiger partial charge < -0.3 is 4.90 Å². The number of fused-ring (bicyclic) bond motifs is 2. The van der Waals surface area contributed by atoms with E-state index in [4.69, 9.17) is 0 Å². The van der Waals surface area contributed by atoms with Crippen molar-refractivity contribution in [1.29, 1.82) is 0 Å². The Morgan fingerprint density at radius 3 is 2.60 bits per heavy atom. The second kappa shape index (κ2) is 9.53. The van der Waals surface area contributed by atoms with Crippen LogP contribution in [0.3, 0.4) is 0 Å². The lowest BCUT2D eigenvalue weighted by molar-refractivity contribution is -0.132.